The highest BCUT2D eigenvalue weighted by Gasteiger charge is 2.32. The number of carbonyl (C=O) groups is 3. The molecule has 0 aromatic heterocycles. The average Bonchev–Trinajstić information content (AvgIpc) is 2.75. The third-order valence-corrected chi connectivity index (χ3v) is 3.94. The molecular formula is C13H20N2O4. The SMILES string of the molecule is O=C(CN1CCCC1=O)NC1CCCCC1C(=O)O. The molecule has 106 valence electrons. The Hall–Kier alpha value is -1.59. The Kier molecular flexibility index (Phi) is 4.39. The van der Waals surface area contributed by atoms with Crippen molar-refractivity contribution < 1.29 is 19.5 Å². The van der Waals surface area contributed by atoms with Crippen molar-refractivity contribution in [1.29, 1.82) is 0 Å². The highest BCUT2D eigenvalue weighted by atomic mass is 16.4. The van der Waals surface area contributed by atoms with Crippen molar-refractivity contribution in [1.82, 2.24) is 10.2 Å². The molecule has 1 saturated heterocycles. The predicted octanol–water partition coefficient (Wildman–Crippen LogP) is 0.368. The van der Waals surface area contributed by atoms with Crippen molar-refractivity contribution in [2.24, 2.45) is 5.92 Å². The average molecular weight is 268 g/mol. The van der Waals surface area contributed by atoms with E-state index < -0.39 is 11.9 Å². The molecule has 0 bridgehead atoms. The van der Waals surface area contributed by atoms with Gasteiger partial charge in [0.25, 0.3) is 0 Å². The second-order valence-corrected chi connectivity index (χ2v) is 5.32. The standard InChI is InChI=1S/C13H20N2O4/c16-11(8-15-7-3-6-12(15)17)14-10-5-2-1-4-9(10)13(18)19/h9-10H,1-8H2,(H,14,16)(H,18,19). The van der Waals surface area contributed by atoms with Gasteiger partial charge in [0.15, 0.2) is 0 Å². The molecule has 2 atom stereocenters. The predicted molar refractivity (Wildman–Crippen MR) is 67.3 cm³/mol. The Morgan fingerprint density at radius 2 is 2.00 bits per heavy atom. The summed E-state index contributed by atoms with van der Waals surface area (Å²) in [6, 6.07) is -0.295. The lowest BCUT2D eigenvalue weighted by molar-refractivity contribution is -0.144. The van der Waals surface area contributed by atoms with Crippen LogP contribution in [0.1, 0.15) is 38.5 Å². The van der Waals surface area contributed by atoms with Gasteiger partial charge in [-0.1, -0.05) is 12.8 Å². The molecule has 6 nitrogen and oxygen atoms in total. The lowest BCUT2D eigenvalue weighted by Crippen LogP contribution is -2.48. The van der Waals surface area contributed by atoms with E-state index in [1.165, 1.54) is 4.90 Å². The summed E-state index contributed by atoms with van der Waals surface area (Å²) >= 11 is 0. The van der Waals surface area contributed by atoms with Crippen LogP contribution in [0.2, 0.25) is 0 Å². The molecule has 0 radical (unpaired) electrons. The fourth-order valence-corrected chi connectivity index (χ4v) is 2.90. The number of carbonyl (C=O) groups excluding carboxylic acids is 2. The van der Waals surface area contributed by atoms with Crippen molar-refractivity contribution in [3.05, 3.63) is 0 Å². The van der Waals surface area contributed by atoms with E-state index in [1.54, 1.807) is 0 Å². The highest BCUT2D eigenvalue weighted by Crippen LogP contribution is 2.24. The van der Waals surface area contributed by atoms with Gasteiger partial charge in [-0.2, -0.15) is 0 Å². The van der Waals surface area contributed by atoms with Crippen LogP contribution in [0.5, 0.6) is 0 Å². The second kappa shape index (κ2) is 6.04. The molecule has 2 amide bonds. The third kappa shape index (κ3) is 3.45. The summed E-state index contributed by atoms with van der Waals surface area (Å²) < 4.78 is 0. The molecule has 0 aromatic carbocycles. The zero-order valence-corrected chi connectivity index (χ0v) is 10.9. The fourth-order valence-electron chi connectivity index (χ4n) is 2.90. The Balaban J connectivity index is 1.86. The zero-order chi connectivity index (χ0) is 13.8. The van der Waals surface area contributed by atoms with Crippen LogP contribution in [0, 0.1) is 5.92 Å². The summed E-state index contributed by atoms with van der Waals surface area (Å²) in [5.74, 6) is -1.57. The smallest absolute Gasteiger partial charge is 0.308 e. The van der Waals surface area contributed by atoms with Gasteiger partial charge in [0.05, 0.1) is 12.5 Å². The minimum atomic E-state index is -0.845. The number of nitrogens with one attached hydrogen (secondary N) is 1. The molecule has 2 aliphatic rings. The molecule has 1 saturated carbocycles. The van der Waals surface area contributed by atoms with Crippen LogP contribution < -0.4 is 5.32 Å². The lowest BCUT2D eigenvalue weighted by Gasteiger charge is -2.29. The largest absolute Gasteiger partial charge is 0.481 e. The van der Waals surface area contributed by atoms with Gasteiger partial charge in [0.2, 0.25) is 11.8 Å². The summed E-state index contributed by atoms with van der Waals surface area (Å²) in [6.07, 6.45) is 4.46. The number of amides is 2. The highest BCUT2D eigenvalue weighted by molar-refractivity contribution is 5.86. The van der Waals surface area contributed by atoms with Crippen LogP contribution in [-0.2, 0) is 14.4 Å². The van der Waals surface area contributed by atoms with Gasteiger partial charge in [-0.3, -0.25) is 14.4 Å². The van der Waals surface area contributed by atoms with Gasteiger partial charge >= 0.3 is 5.97 Å². The topological polar surface area (TPSA) is 86.7 Å². The maximum Gasteiger partial charge on any atom is 0.308 e. The Morgan fingerprint density at radius 3 is 2.63 bits per heavy atom. The number of aliphatic carboxylic acids is 1. The van der Waals surface area contributed by atoms with Crippen LogP contribution in [-0.4, -0.2) is 46.9 Å². The summed E-state index contributed by atoms with van der Waals surface area (Å²) in [5.41, 5.74) is 0. The van der Waals surface area contributed by atoms with E-state index >= 15 is 0 Å². The van der Waals surface area contributed by atoms with Crippen molar-refractivity contribution in [2.75, 3.05) is 13.1 Å². The van der Waals surface area contributed by atoms with E-state index in [-0.39, 0.29) is 24.4 Å². The molecule has 1 heterocycles. The molecule has 2 unspecified atom stereocenters. The van der Waals surface area contributed by atoms with Gasteiger partial charge < -0.3 is 15.3 Å². The minimum absolute atomic E-state index is 0.00794. The van der Waals surface area contributed by atoms with Gasteiger partial charge in [0, 0.05) is 19.0 Å². The number of rotatable bonds is 4. The molecule has 2 fully saturated rings. The van der Waals surface area contributed by atoms with E-state index in [0.717, 1.165) is 19.3 Å². The molecule has 1 aliphatic carbocycles. The fraction of sp³-hybridized carbons (Fsp3) is 0.769. The lowest BCUT2D eigenvalue weighted by atomic mass is 9.84. The maximum absolute atomic E-state index is 11.9. The van der Waals surface area contributed by atoms with E-state index in [1.807, 2.05) is 0 Å². The van der Waals surface area contributed by atoms with Crippen molar-refractivity contribution in [3.8, 4) is 0 Å². The van der Waals surface area contributed by atoms with E-state index in [2.05, 4.69) is 5.32 Å². The summed E-state index contributed by atoms with van der Waals surface area (Å²) in [4.78, 5) is 36.0. The Labute approximate surface area is 112 Å². The number of carboxylic acid groups (broad SMARTS) is 1. The third-order valence-electron chi connectivity index (χ3n) is 3.94. The van der Waals surface area contributed by atoms with E-state index in [0.29, 0.717) is 25.8 Å². The van der Waals surface area contributed by atoms with Gasteiger partial charge in [-0.05, 0) is 19.3 Å². The van der Waals surface area contributed by atoms with Crippen LogP contribution >= 0.6 is 0 Å². The molecule has 0 spiro atoms. The number of carboxylic acids is 1. The molecular weight excluding hydrogens is 248 g/mol. The second-order valence-electron chi connectivity index (χ2n) is 5.32. The molecule has 19 heavy (non-hydrogen) atoms. The first-order valence-electron chi connectivity index (χ1n) is 6.88. The van der Waals surface area contributed by atoms with E-state index in [4.69, 9.17) is 5.11 Å². The first kappa shape index (κ1) is 13.8. The molecule has 2 N–H and O–H groups in total. The summed E-state index contributed by atoms with van der Waals surface area (Å²) in [5, 5.41) is 11.9. The van der Waals surface area contributed by atoms with Gasteiger partial charge in [0.1, 0.15) is 0 Å². The van der Waals surface area contributed by atoms with Gasteiger partial charge in [-0.25, -0.2) is 0 Å². The number of nitrogens with zero attached hydrogens (tertiary/aromatic N) is 1. The van der Waals surface area contributed by atoms with Crippen molar-refractivity contribution in [2.45, 2.75) is 44.6 Å². The van der Waals surface area contributed by atoms with Gasteiger partial charge in [-0.15, -0.1) is 0 Å². The Morgan fingerprint density at radius 1 is 1.26 bits per heavy atom. The van der Waals surface area contributed by atoms with Crippen LogP contribution in [0.25, 0.3) is 0 Å². The summed E-state index contributed by atoms with van der Waals surface area (Å²) in [6.45, 7) is 0.681. The maximum atomic E-state index is 11.9. The number of likely N-dealkylation sites (tertiary alicyclic amines) is 1. The van der Waals surface area contributed by atoms with Crippen molar-refractivity contribution >= 4 is 17.8 Å². The monoisotopic (exact) mass is 268 g/mol. The molecule has 1 aliphatic heterocycles. The van der Waals surface area contributed by atoms with Crippen LogP contribution in [0.3, 0.4) is 0 Å². The Bertz CT molecular complexity index is 383. The number of hydrogen-bond donors (Lipinski definition) is 2. The first-order valence-corrected chi connectivity index (χ1v) is 6.88. The van der Waals surface area contributed by atoms with Crippen LogP contribution in [0.15, 0.2) is 0 Å². The van der Waals surface area contributed by atoms with Crippen molar-refractivity contribution in [3.63, 3.8) is 0 Å². The molecule has 0 aromatic rings. The molecule has 2 rings (SSSR count). The number of hydrogen-bond acceptors (Lipinski definition) is 3. The first-order chi connectivity index (χ1) is 9.08. The van der Waals surface area contributed by atoms with Crippen LogP contribution in [0.4, 0.5) is 0 Å². The van der Waals surface area contributed by atoms with E-state index in [9.17, 15) is 14.4 Å². The zero-order valence-electron chi connectivity index (χ0n) is 10.9. The normalized spacial score (nSPS) is 27.4. The summed E-state index contributed by atoms with van der Waals surface area (Å²) in [7, 11) is 0. The minimum Gasteiger partial charge on any atom is -0.481 e. The molecule has 6 heteroatoms. The quantitative estimate of drug-likeness (QED) is 0.771.